The summed E-state index contributed by atoms with van der Waals surface area (Å²) >= 11 is 0. The van der Waals surface area contributed by atoms with E-state index in [9.17, 15) is 9.18 Å². The SMILES string of the molecule is NCC(Cc1ccccc1)C(=O)Nc1ccc(F)cn1. The number of carbonyl (C=O) groups is 1. The summed E-state index contributed by atoms with van der Waals surface area (Å²) in [6.45, 7) is 0.238. The number of nitrogens with zero attached hydrogens (tertiary/aromatic N) is 1. The van der Waals surface area contributed by atoms with E-state index >= 15 is 0 Å². The topological polar surface area (TPSA) is 68.0 Å². The number of carbonyl (C=O) groups excluding carboxylic acids is 1. The molecule has 1 unspecified atom stereocenters. The number of rotatable bonds is 5. The minimum absolute atomic E-state index is 0.213. The maximum atomic E-state index is 12.7. The third-order valence-electron chi connectivity index (χ3n) is 2.96. The molecule has 2 aromatic rings. The summed E-state index contributed by atoms with van der Waals surface area (Å²) in [5, 5.41) is 2.64. The van der Waals surface area contributed by atoms with Crippen molar-refractivity contribution in [2.24, 2.45) is 11.7 Å². The molecule has 2 rings (SSSR count). The van der Waals surface area contributed by atoms with Crippen molar-refractivity contribution in [1.82, 2.24) is 4.98 Å². The molecule has 1 heterocycles. The van der Waals surface area contributed by atoms with Gasteiger partial charge >= 0.3 is 0 Å². The van der Waals surface area contributed by atoms with E-state index < -0.39 is 5.82 Å². The summed E-state index contributed by atoms with van der Waals surface area (Å²) in [4.78, 5) is 15.9. The quantitative estimate of drug-likeness (QED) is 0.875. The van der Waals surface area contributed by atoms with Crippen LogP contribution in [0.15, 0.2) is 48.7 Å². The number of hydrogen-bond acceptors (Lipinski definition) is 3. The Labute approximate surface area is 116 Å². The predicted molar refractivity (Wildman–Crippen MR) is 75.5 cm³/mol. The fourth-order valence-electron chi connectivity index (χ4n) is 1.86. The lowest BCUT2D eigenvalue weighted by Crippen LogP contribution is -2.31. The van der Waals surface area contributed by atoms with E-state index in [2.05, 4.69) is 10.3 Å². The molecule has 0 bridgehead atoms. The van der Waals surface area contributed by atoms with Gasteiger partial charge in [0.15, 0.2) is 0 Å². The molecular formula is C15H16FN3O. The van der Waals surface area contributed by atoms with E-state index in [-0.39, 0.29) is 18.4 Å². The van der Waals surface area contributed by atoms with Crippen molar-refractivity contribution in [2.75, 3.05) is 11.9 Å². The molecule has 0 radical (unpaired) electrons. The highest BCUT2D eigenvalue weighted by molar-refractivity contribution is 5.92. The van der Waals surface area contributed by atoms with Crippen molar-refractivity contribution in [1.29, 1.82) is 0 Å². The van der Waals surface area contributed by atoms with Gasteiger partial charge < -0.3 is 11.1 Å². The van der Waals surface area contributed by atoms with Crippen LogP contribution in [-0.2, 0) is 11.2 Å². The molecule has 1 aromatic carbocycles. The van der Waals surface area contributed by atoms with Gasteiger partial charge in [-0.25, -0.2) is 9.37 Å². The Morgan fingerprint density at radius 1 is 1.25 bits per heavy atom. The van der Waals surface area contributed by atoms with Crippen LogP contribution in [0.4, 0.5) is 10.2 Å². The van der Waals surface area contributed by atoms with Crippen LogP contribution in [0.5, 0.6) is 0 Å². The maximum Gasteiger partial charge on any atom is 0.230 e. The van der Waals surface area contributed by atoms with E-state index in [0.717, 1.165) is 11.8 Å². The van der Waals surface area contributed by atoms with Crippen LogP contribution in [0, 0.1) is 11.7 Å². The lowest BCUT2D eigenvalue weighted by Gasteiger charge is -2.14. The average Bonchev–Trinajstić information content (AvgIpc) is 2.48. The summed E-state index contributed by atoms with van der Waals surface area (Å²) in [6, 6.07) is 12.3. The van der Waals surface area contributed by atoms with E-state index in [1.54, 1.807) is 0 Å². The molecule has 1 atom stereocenters. The van der Waals surface area contributed by atoms with Crippen molar-refractivity contribution in [3.63, 3.8) is 0 Å². The van der Waals surface area contributed by atoms with Crippen LogP contribution < -0.4 is 11.1 Å². The first-order chi connectivity index (χ1) is 9.69. The second-order valence-corrected chi connectivity index (χ2v) is 4.47. The Kier molecular flexibility index (Phi) is 4.79. The van der Waals surface area contributed by atoms with Crippen molar-refractivity contribution < 1.29 is 9.18 Å². The van der Waals surface area contributed by atoms with Gasteiger partial charge in [-0.2, -0.15) is 0 Å². The summed E-state index contributed by atoms with van der Waals surface area (Å²) in [6.07, 6.45) is 1.62. The lowest BCUT2D eigenvalue weighted by atomic mass is 9.98. The molecule has 1 amide bonds. The van der Waals surface area contributed by atoms with Gasteiger partial charge in [-0.3, -0.25) is 4.79 Å². The molecular weight excluding hydrogens is 257 g/mol. The molecule has 4 nitrogen and oxygen atoms in total. The Hall–Kier alpha value is -2.27. The van der Waals surface area contributed by atoms with Crippen LogP contribution in [0.25, 0.3) is 0 Å². The van der Waals surface area contributed by atoms with E-state index in [4.69, 9.17) is 5.73 Å². The van der Waals surface area contributed by atoms with Gasteiger partial charge in [0.1, 0.15) is 11.6 Å². The Morgan fingerprint density at radius 3 is 2.60 bits per heavy atom. The first-order valence-corrected chi connectivity index (χ1v) is 6.35. The van der Waals surface area contributed by atoms with Crippen LogP contribution >= 0.6 is 0 Å². The highest BCUT2D eigenvalue weighted by Crippen LogP contribution is 2.11. The van der Waals surface area contributed by atoms with Crippen LogP contribution in [-0.4, -0.2) is 17.4 Å². The Bertz CT molecular complexity index is 557. The number of nitrogens with one attached hydrogen (secondary N) is 1. The van der Waals surface area contributed by atoms with Crippen LogP contribution in [0.3, 0.4) is 0 Å². The normalized spacial score (nSPS) is 11.9. The zero-order chi connectivity index (χ0) is 14.4. The van der Waals surface area contributed by atoms with Crippen molar-refractivity contribution in [3.8, 4) is 0 Å². The number of anilines is 1. The standard InChI is InChI=1S/C15H16FN3O/c16-13-6-7-14(18-10-13)19-15(20)12(9-17)8-11-4-2-1-3-5-11/h1-7,10,12H,8-9,17H2,(H,18,19,20). The van der Waals surface area contributed by atoms with Gasteiger partial charge in [-0.15, -0.1) is 0 Å². The second kappa shape index (κ2) is 6.77. The minimum Gasteiger partial charge on any atom is -0.330 e. The molecule has 5 heteroatoms. The van der Waals surface area contributed by atoms with Gasteiger partial charge in [0.2, 0.25) is 5.91 Å². The van der Waals surface area contributed by atoms with E-state index in [1.807, 2.05) is 30.3 Å². The first-order valence-electron chi connectivity index (χ1n) is 6.35. The lowest BCUT2D eigenvalue weighted by molar-refractivity contribution is -0.119. The number of halogens is 1. The number of aromatic nitrogens is 1. The fourth-order valence-corrected chi connectivity index (χ4v) is 1.86. The van der Waals surface area contributed by atoms with Crippen molar-refractivity contribution in [2.45, 2.75) is 6.42 Å². The highest BCUT2D eigenvalue weighted by atomic mass is 19.1. The van der Waals surface area contributed by atoms with Crippen LogP contribution in [0.1, 0.15) is 5.56 Å². The van der Waals surface area contributed by atoms with Gasteiger partial charge in [-0.05, 0) is 24.1 Å². The summed E-state index contributed by atoms with van der Waals surface area (Å²) in [5.74, 6) is -0.676. The third-order valence-corrected chi connectivity index (χ3v) is 2.96. The molecule has 0 aliphatic rings. The van der Waals surface area contributed by atoms with E-state index in [1.165, 1.54) is 12.1 Å². The largest absolute Gasteiger partial charge is 0.330 e. The maximum absolute atomic E-state index is 12.7. The highest BCUT2D eigenvalue weighted by Gasteiger charge is 2.17. The predicted octanol–water partition coefficient (Wildman–Crippen LogP) is 1.98. The Balaban J connectivity index is 2.00. The number of hydrogen-bond donors (Lipinski definition) is 2. The number of pyridine rings is 1. The van der Waals surface area contributed by atoms with Crippen molar-refractivity contribution in [3.05, 3.63) is 60.0 Å². The number of amides is 1. The first kappa shape index (κ1) is 14.1. The van der Waals surface area contributed by atoms with Gasteiger partial charge in [0, 0.05) is 6.54 Å². The molecule has 0 aliphatic carbocycles. The molecule has 0 fully saturated rings. The smallest absolute Gasteiger partial charge is 0.230 e. The summed E-state index contributed by atoms with van der Waals surface area (Å²) < 4.78 is 12.7. The Morgan fingerprint density at radius 2 is 2.00 bits per heavy atom. The van der Waals surface area contributed by atoms with Gasteiger partial charge in [-0.1, -0.05) is 30.3 Å². The molecule has 3 N–H and O–H groups in total. The molecule has 0 saturated heterocycles. The fraction of sp³-hybridized carbons (Fsp3) is 0.200. The zero-order valence-electron chi connectivity index (χ0n) is 10.9. The molecule has 20 heavy (non-hydrogen) atoms. The summed E-state index contributed by atoms with van der Waals surface area (Å²) in [5.41, 5.74) is 6.70. The molecule has 0 saturated carbocycles. The van der Waals surface area contributed by atoms with E-state index in [0.29, 0.717) is 12.2 Å². The number of benzene rings is 1. The van der Waals surface area contributed by atoms with Crippen LogP contribution in [0.2, 0.25) is 0 Å². The number of nitrogens with two attached hydrogens (primary N) is 1. The molecule has 104 valence electrons. The molecule has 0 spiro atoms. The second-order valence-electron chi connectivity index (χ2n) is 4.47. The van der Waals surface area contributed by atoms with Gasteiger partial charge in [0.05, 0.1) is 12.1 Å². The average molecular weight is 273 g/mol. The monoisotopic (exact) mass is 273 g/mol. The summed E-state index contributed by atoms with van der Waals surface area (Å²) in [7, 11) is 0. The molecule has 1 aromatic heterocycles. The molecule has 0 aliphatic heterocycles. The van der Waals surface area contributed by atoms with Crippen molar-refractivity contribution >= 4 is 11.7 Å². The zero-order valence-corrected chi connectivity index (χ0v) is 10.9. The van der Waals surface area contributed by atoms with Gasteiger partial charge in [0.25, 0.3) is 0 Å². The third kappa shape index (κ3) is 3.86. The minimum atomic E-state index is -0.442.